The van der Waals surface area contributed by atoms with Gasteiger partial charge in [-0.3, -0.25) is 19.3 Å². The van der Waals surface area contributed by atoms with E-state index in [4.69, 9.17) is 18.9 Å². The maximum atomic E-state index is 13.0. The van der Waals surface area contributed by atoms with Gasteiger partial charge >= 0.3 is 11.9 Å². The van der Waals surface area contributed by atoms with E-state index in [2.05, 4.69) is 17.1 Å². The number of aliphatic hydroxyl groups is 1. The van der Waals surface area contributed by atoms with Crippen LogP contribution in [0.3, 0.4) is 0 Å². The summed E-state index contributed by atoms with van der Waals surface area (Å²) in [7, 11) is 0. The van der Waals surface area contributed by atoms with Crippen molar-refractivity contribution in [3.63, 3.8) is 0 Å². The third-order valence-electron chi connectivity index (χ3n) is 7.72. The van der Waals surface area contributed by atoms with Crippen molar-refractivity contribution in [3.8, 4) is 0 Å². The maximum absolute atomic E-state index is 13.0. The third kappa shape index (κ3) is 8.63. The zero-order chi connectivity index (χ0) is 31.3. The van der Waals surface area contributed by atoms with Crippen LogP contribution in [0.4, 0.5) is 5.69 Å². The van der Waals surface area contributed by atoms with E-state index in [0.717, 1.165) is 30.5 Å². The van der Waals surface area contributed by atoms with Crippen molar-refractivity contribution in [2.24, 2.45) is 5.92 Å². The van der Waals surface area contributed by atoms with Gasteiger partial charge in [-0.15, -0.1) is 0 Å². The smallest absolute Gasteiger partial charge is 0.323 e. The lowest BCUT2D eigenvalue weighted by atomic mass is 9.90. The molecule has 10 heteroatoms. The van der Waals surface area contributed by atoms with Gasteiger partial charge in [0.2, 0.25) is 0 Å². The van der Waals surface area contributed by atoms with Crippen LogP contribution in [-0.4, -0.2) is 64.8 Å². The standard InChI is InChI=1S/C33H44N2O8/c1-20-28(18-35-16-8-11-27(35)31(39)43-33(4,5)6)41-32(42-29(20)24-14-12-23(19-36)13-15-24)25-9-7-10-26(17-25)34-30(38)21(2)40-22(3)37/h7,9-10,12-15,17,20-21,27-29,32,36H,8,11,16,18-19H2,1-6H3,(H,34,38). The number of ether oxygens (including phenoxy) is 4. The number of hydrogen-bond donors (Lipinski definition) is 2. The highest BCUT2D eigenvalue weighted by Gasteiger charge is 2.42. The number of likely N-dealkylation sites (tertiary alicyclic amines) is 1. The number of carbonyl (C=O) groups is 3. The molecule has 6 atom stereocenters. The summed E-state index contributed by atoms with van der Waals surface area (Å²) in [4.78, 5) is 39.0. The van der Waals surface area contributed by atoms with Gasteiger partial charge in [0.05, 0.1) is 18.8 Å². The Bertz CT molecular complexity index is 1270. The number of esters is 2. The van der Waals surface area contributed by atoms with Gasteiger partial charge in [-0.1, -0.05) is 43.3 Å². The van der Waals surface area contributed by atoms with Gasteiger partial charge in [0, 0.05) is 30.6 Å². The first kappa shape index (κ1) is 32.6. The van der Waals surface area contributed by atoms with Crippen LogP contribution in [0.15, 0.2) is 48.5 Å². The molecule has 4 rings (SSSR count). The molecule has 0 bridgehead atoms. The molecule has 1 amide bonds. The summed E-state index contributed by atoms with van der Waals surface area (Å²) in [5.41, 5.74) is 2.41. The molecule has 6 unspecified atom stereocenters. The highest BCUT2D eigenvalue weighted by molar-refractivity contribution is 5.95. The molecule has 43 heavy (non-hydrogen) atoms. The molecular weight excluding hydrogens is 552 g/mol. The molecular formula is C33H44N2O8. The van der Waals surface area contributed by atoms with Crippen molar-refractivity contribution >= 4 is 23.5 Å². The minimum absolute atomic E-state index is 0.0503. The Morgan fingerprint density at radius 3 is 2.47 bits per heavy atom. The van der Waals surface area contributed by atoms with E-state index in [1.807, 2.05) is 51.1 Å². The maximum Gasteiger partial charge on any atom is 0.323 e. The Morgan fingerprint density at radius 2 is 1.81 bits per heavy atom. The molecule has 234 valence electrons. The van der Waals surface area contributed by atoms with Crippen molar-refractivity contribution in [1.29, 1.82) is 0 Å². The predicted octanol–water partition coefficient (Wildman–Crippen LogP) is 4.67. The Balaban J connectivity index is 1.58. The topological polar surface area (TPSA) is 124 Å². The zero-order valence-corrected chi connectivity index (χ0v) is 25.9. The van der Waals surface area contributed by atoms with E-state index < -0.39 is 29.9 Å². The first-order valence-electron chi connectivity index (χ1n) is 14.9. The molecule has 0 saturated carbocycles. The Morgan fingerprint density at radius 1 is 1.09 bits per heavy atom. The minimum atomic E-state index is -0.946. The summed E-state index contributed by atoms with van der Waals surface area (Å²) in [6.45, 7) is 11.7. The fourth-order valence-corrected chi connectivity index (χ4v) is 5.55. The molecule has 10 nitrogen and oxygen atoms in total. The van der Waals surface area contributed by atoms with Gasteiger partial charge in [-0.2, -0.15) is 0 Å². The monoisotopic (exact) mass is 596 g/mol. The molecule has 2 N–H and O–H groups in total. The molecule has 0 aromatic heterocycles. The second-order valence-corrected chi connectivity index (χ2v) is 12.4. The summed E-state index contributed by atoms with van der Waals surface area (Å²) < 4.78 is 23.9. The zero-order valence-electron chi connectivity index (χ0n) is 25.9. The lowest BCUT2D eigenvalue weighted by Gasteiger charge is -2.43. The van der Waals surface area contributed by atoms with Gasteiger partial charge in [0.25, 0.3) is 5.91 Å². The number of benzene rings is 2. The molecule has 0 spiro atoms. The average molecular weight is 597 g/mol. The Kier molecular flexibility index (Phi) is 10.6. The van der Waals surface area contributed by atoms with Gasteiger partial charge in [-0.05, 0) is 70.3 Å². The van der Waals surface area contributed by atoms with Crippen LogP contribution in [0.5, 0.6) is 0 Å². The summed E-state index contributed by atoms with van der Waals surface area (Å²) >= 11 is 0. The van der Waals surface area contributed by atoms with E-state index in [1.54, 1.807) is 18.2 Å². The highest BCUT2D eigenvalue weighted by Crippen LogP contribution is 2.42. The number of rotatable bonds is 9. The summed E-state index contributed by atoms with van der Waals surface area (Å²) in [5.74, 6) is -1.27. The second-order valence-electron chi connectivity index (χ2n) is 12.4. The second kappa shape index (κ2) is 14.0. The Hall–Kier alpha value is -3.31. The number of hydrogen-bond acceptors (Lipinski definition) is 9. The Labute approximate surface area is 253 Å². The van der Waals surface area contributed by atoms with Crippen LogP contribution in [0.1, 0.15) is 83.5 Å². The van der Waals surface area contributed by atoms with Crippen molar-refractivity contribution < 1.29 is 38.4 Å². The third-order valence-corrected chi connectivity index (χ3v) is 7.72. The van der Waals surface area contributed by atoms with E-state index in [1.165, 1.54) is 13.8 Å². The SMILES string of the molecule is CC(=O)OC(C)C(=O)Nc1cccc(C2OC(CN3CCCC3C(=O)OC(C)(C)C)C(C)C(c3ccc(CO)cc3)O2)c1. The van der Waals surface area contributed by atoms with Crippen molar-refractivity contribution in [2.75, 3.05) is 18.4 Å². The quantitative estimate of drug-likeness (QED) is 0.398. The van der Waals surface area contributed by atoms with E-state index >= 15 is 0 Å². The van der Waals surface area contributed by atoms with Crippen LogP contribution >= 0.6 is 0 Å². The molecule has 2 heterocycles. The molecule has 2 aliphatic heterocycles. The molecule has 0 aliphatic carbocycles. The fraction of sp³-hybridized carbons (Fsp3) is 0.545. The predicted molar refractivity (Wildman–Crippen MR) is 160 cm³/mol. The number of carbonyl (C=O) groups excluding carboxylic acids is 3. The first-order valence-corrected chi connectivity index (χ1v) is 14.9. The molecule has 2 saturated heterocycles. The molecule has 2 fully saturated rings. The van der Waals surface area contributed by atoms with Gasteiger partial charge in [0.15, 0.2) is 12.4 Å². The fourth-order valence-electron chi connectivity index (χ4n) is 5.55. The molecule has 2 aliphatic rings. The van der Waals surface area contributed by atoms with Gasteiger partial charge in [0.1, 0.15) is 11.6 Å². The normalized spacial score (nSPS) is 25.1. The van der Waals surface area contributed by atoms with Crippen LogP contribution in [0.25, 0.3) is 0 Å². The minimum Gasteiger partial charge on any atom is -0.459 e. The van der Waals surface area contributed by atoms with Crippen LogP contribution in [0, 0.1) is 5.92 Å². The van der Waals surface area contributed by atoms with E-state index in [9.17, 15) is 19.5 Å². The van der Waals surface area contributed by atoms with Crippen LogP contribution < -0.4 is 5.32 Å². The van der Waals surface area contributed by atoms with Crippen molar-refractivity contribution in [2.45, 2.75) is 97.2 Å². The van der Waals surface area contributed by atoms with Crippen LogP contribution in [0.2, 0.25) is 0 Å². The van der Waals surface area contributed by atoms with E-state index in [-0.39, 0.29) is 36.7 Å². The van der Waals surface area contributed by atoms with Gasteiger partial charge < -0.3 is 29.4 Å². The average Bonchev–Trinajstić information content (AvgIpc) is 3.41. The molecule has 0 radical (unpaired) electrons. The summed E-state index contributed by atoms with van der Waals surface area (Å²) in [5, 5.41) is 12.3. The molecule has 2 aromatic carbocycles. The first-order chi connectivity index (χ1) is 20.3. The highest BCUT2D eigenvalue weighted by atomic mass is 16.7. The number of nitrogens with zero attached hydrogens (tertiary/aromatic N) is 1. The van der Waals surface area contributed by atoms with Gasteiger partial charge in [-0.25, -0.2) is 0 Å². The lowest BCUT2D eigenvalue weighted by Crippen LogP contribution is -2.48. The van der Waals surface area contributed by atoms with E-state index in [0.29, 0.717) is 17.8 Å². The number of amides is 1. The summed E-state index contributed by atoms with van der Waals surface area (Å²) in [6, 6.07) is 14.5. The lowest BCUT2D eigenvalue weighted by molar-refractivity contribution is -0.276. The van der Waals surface area contributed by atoms with Crippen molar-refractivity contribution in [3.05, 3.63) is 65.2 Å². The van der Waals surface area contributed by atoms with Crippen molar-refractivity contribution in [1.82, 2.24) is 4.90 Å². The number of nitrogens with one attached hydrogen (secondary N) is 1. The van der Waals surface area contributed by atoms with Crippen LogP contribution in [-0.2, 0) is 39.9 Å². The number of aliphatic hydroxyl groups excluding tert-OH is 1. The largest absolute Gasteiger partial charge is 0.459 e. The number of anilines is 1. The summed E-state index contributed by atoms with van der Waals surface area (Å²) in [6.07, 6.45) is -0.694. The molecule has 2 aromatic rings.